The van der Waals surface area contributed by atoms with Crippen LogP contribution in [0.25, 0.3) is 10.9 Å². The smallest absolute Gasteiger partial charge is 0.192 e. The summed E-state index contributed by atoms with van der Waals surface area (Å²) < 4.78 is 0. The number of hydrogen-bond acceptors (Lipinski definition) is 3. The van der Waals surface area contributed by atoms with Gasteiger partial charge in [0.2, 0.25) is 0 Å². The average Bonchev–Trinajstić information content (AvgIpc) is 2.48. The van der Waals surface area contributed by atoms with Crippen molar-refractivity contribution in [2.75, 3.05) is 0 Å². The number of benzene rings is 2. The van der Waals surface area contributed by atoms with Crippen molar-refractivity contribution in [2.45, 2.75) is 6.42 Å². The molecule has 0 bridgehead atoms. The molecule has 0 aliphatic carbocycles. The van der Waals surface area contributed by atoms with Crippen LogP contribution in [0.2, 0.25) is 0 Å². The Balaban J connectivity index is 2.10. The van der Waals surface area contributed by atoms with Gasteiger partial charge < -0.3 is 11.5 Å². The highest BCUT2D eigenvalue weighted by Crippen LogP contribution is 2.23. The van der Waals surface area contributed by atoms with E-state index in [1.165, 1.54) is 0 Å². The van der Waals surface area contributed by atoms with Gasteiger partial charge in [-0.05, 0) is 17.7 Å². The summed E-state index contributed by atoms with van der Waals surface area (Å²) in [5.74, 6) is 1.19. The first-order valence-corrected chi connectivity index (χ1v) is 6.61. The fourth-order valence-corrected chi connectivity index (χ4v) is 2.17. The molecule has 0 atom stereocenters. The maximum atomic E-state index is 5.49. The molecule has 2 aromatic carbocycles. The highest BCUT2D eigenvalue weighted by Gasteiger charge is 2.07. The lowest BCUT2D eigenvalue weighted by atomic mass is 10.1. The number of para-hydroxylation sites is 1. The summed E-state index contributed by atoms with van der Waals surface area (Å²) in [6.45, 7) is 0. The van der Waals surface area contributed by atoms with Gasteiger partial charge in [-0.2, -0.15) is 4.99 Å². The maximum Gasteiger partial charge on any atom is 0.192 e. The summed E-state index contributed by atoms with van der Waals surface area (Å²) >= 11 is 0. The van der Waals surface area contributed by atoms with Gasteiger partial charge in [-0.3, -0.25) is 0 Å². The molecule has 3 aromatic rings. The molecule has 1 aromatic heterocycles. The third kappa shape index (κ3) is 2.97. The predicted molar refractivity (Wildman–Crippen MR) is 84.3 cm³/mol. The minimum atomic E-state index is -0.00971. The van der Waals surface area contributed by atoms with Gasteiger partial charge in [0.15, 0.2) is 11.8 Å². The van der Waals surface area contributed by atoms with Gasteiger partial charge in [0.05, 0.1) is 5.52 Å². The number of fused-ring (bicyclic) bond motifs is 1. The van der Waals surface area contributed by atoms with Crippen LogP contribution in [0.5, 0.6) is 0 Å². The largest absolute Gasteiger partial charge is 0.370 e. The molecule has 5 nitrogen and oxygen atoms in total. The number of aromatic nitrogens is 2. The second kappa shape index (κ2) is 5.58. The number of rotatable bonds is 3. The molecule has 5 heteroatoms. The fourth-order valence-electron chi connectivity index (χ4n) is 2.17. The van der Waals surface area contributed by atoms with E-state index < -0.39 is 0 Å². The first-order valence-electron chi connectivity index (χ1n) is 6.61. The molecule has 21 heavy (non-hydrogen) atoms. The van der Waals surface area contributed by atoms with Crippen molar-refractivity contribution in [3.63, 3.8) is 0 Å². The van der Waals surface area contributed by atoms with Crippen LogP contribution < -0.4 is 11.5 Å². The molecule has 0 unspecified atom stereocenters. The van der Waals surface area contributed by atoms with Crippen LogP contribution in [0, 0.1) is 0 Å². The van der Waals surface area contributed by atoms with Crippen molar-refractivity contribution >= 4 is 22.7 Å². The van der Waals surface area contributed by atoms with E-state index in [0.717, 1.165) is 16.5 Å². The zero-order valence-corrected chi connectivity index (χ0v) is 11.4. The Morgan fingerprint density at radius 3 is 2.38 bits per heavy atom. The Kier molecular flexibility index (Phi) is 3.47. The van der Waals surface area contributed by atoms with Crippen molar-refractivity contribution in [3.8, 4) is 0 Å². The van der Waals surface area contributed by atoms with Gasteiger partial charge in [0, 0.05) is 11.8 Å². The Morgan fingerprint density at radius 1 is 0.905 bits per heavy atom. The maximum absolute atomic E-state index is 5.49. The van der Waals surface area contributed by atoms with Crippen molar-refractivity contribution in [3.05, 3.63) is 66.0 Å². The molecular weight excluding hydrogens is 262 g/mol. The summed E-state index contributed by atoms with van der Waals surface area (Å²) in [5.41, 5.74) is 12.9. The summed E-state index contributed by atoms with van der Waals surface area (Å²) in [5, 5.41) is 0.836. The van der Waals surface area contributed by atoms with Crippen LogP contribution in [-0.2, 0) is 6.42 Å². The number of guanidine groups is 1. The molecule has 3 rings (SSSR count). The van der Waals surface area contributed by atoms with Gasteiger partial charge in [-0.25, -0.2) is 9.97 Å². The predicted octanol–water partition coefficient (Wildman–Crippen LogP) is 2.13. The Labute approximate surface area is 122 Å². The van der Waals surface area contributed by atoms with E-state index in [0.29, 0.717) is 18.1 Å². The molecule has 0 radical (unpaired) electrons. The van der Waals surface area contributed by atoms with Crippen molar-refractivity contribution < 1.29 is 0 Å². The van der Waals surface area contributed by atoms with Gasteiger partial charge in [-0.15, -0.1) is 0 Å². The second-order valence-corrected chi connectivity index (χ2v) is 4.68. The lowest BCUT2D eigenvalue weighted by molar-refractivity contribution is 0.990. The van der Waals surface area contributed by atoms with E-state index in [4.69, 9.17) is 11.5 Å². The van der Waals surface area contributed by atoms with Gasteiger partial charge in [0.1, 0.15) is 5.82 Å². The van der Waals surface area contributed by atoms with E-state index in [1.807, 2.05) is 54.6 Å². The molecule has 1 heterocycles. The molecule has 0 saturated carbocycles. The van der Waals surface area contributed by atoms with Gasteiger partial charge in [0.25, 0.3) is 0 Å². The minimum absolute atomic E-state index is 0.00971. The van der Waals surface area contributed by atoms with E-state index >= 15 is 0 Å². The van der Waals surface area contributed by atoms with Crippen molar-refractivity contribution in [1.82, 2.24) is 9.97 Å². The van der Waals surface area contributed by atoms with Crippen LogP contribution in [0.3, 0.4) is 0 Å². The van der Waals surface area contributed by atoms with E-state index in [-0.39, 0.29) is 5.96 Å². The number of nitrogens with zero attached hydrogens (tertiary/aromatic N) is 3. The van der Waals surface area contributed by atoms with E-state index in [2.05, 4.69) is 15.0 Å². The standard InChI is InChI=1S/C16H15N5/c17-16(18)21-15-12-8-4-5-9-13(12)19-14(20-15)10-11-6-2-1-3-7-11/h1-9H,10H2,(H4,17,18,19,20,21). The highest BCUT2D eigenvalue weighted by molar-refractivity contribution is 5.91. The SMILES string of the molecule is NC(N)=Nc1nc(Cc2ccccc2)nc2ccccc12. The first kappa shape index (κ1) is 13.1. The molecule has 0 amide bonds. The summed E-state index contributed by atoms with van der Waals surface area (Å²) in [4.78, 5) is 13.2. The van der Waals surface area contributed by atoms with Crippen molar-refractivity contribution in [1.29, 1.82) is 0 Å². The zero-order valence-electron chi connectivity index (χ0n) is 11.4. The molecule has 0 spiro atoms. The molecule has 4 N–H and O–H groups in total. The second-order valence-electron chi connectivity index (χ2n) is 4.68. The highest BCUT2D eigenvalue weighted by atomic mass is 15.1. The van der Waals surface area contributed by atoms with Crippen LogP contribution in [0.1, 0.15) is 11.4 Å². The Morgan fingerprint density at radius 2 is 1.62 bits per heavy atom. The lowest BCUT2D eigenvalue weighted by Crippen LogP contribution is -2.22. The third-order valence-electron chi connectivity index (χ3n) is 3.07. The van der Waals surface area contributed by atoms with Gasteiger partial charge >= 0.3 is 0 Å². The monoisotopic (exact) mass is 277 g/mol. The van der Waals surface area contributed by atoms with Crippen LogP contribution in [0.4, 0.5) is 5.82 Å². The number of hydrogen-bond donors (Lipinski definition) is 2. The quantitative estimate of drug-likeness (QED) is 0.567. The van der Waals surface area contributed by atoms with Crippen molar-refractivity contribution in [2.24, 2.45) is 16.5 Å². The minimum Gasteiger partial charge on any atom is -0.370 e. The molecule has 0 aliphatic heterocycles. The molecule has 0 fully saturated rings. The zero-order chi connectivity index (χ0) is 14.7. The molecule has 104 valence electrons. The molecule has 0 aliphatic rings. The third-order valence-corrected chi connectivity index (χ3v) is 3.07. The molecular formula is C16H15N5. The normalized spacial score (nSPS) is 10.5. The van der Waals surface area contributed by atoms with Crippen LogP contribution >= 0.6 is 0 Å². The molecule has 0 saturated heterocycles. The summed E-state index contributed by atoms with van der Waals surface area (Å²) in [7, 11) is 0. The van der Waals surface area contributed by atoms with E-state index in [1.54, 1.807) is 0 Å². The van der Waals surface area contributed by atoms with Gasteiger partial charge in [-0.1, -0.05) is 42.5 Å². The lowest BCUT2D eigenvalue weighted by Gasteiger charge is -2.06. The number of aliphatic imine (C=N–C) groups is 1. The fraction of sp³-hybridized carbons (Fsp3) is 0.0625. The number of nitrogens with two attached hydrogens (primary N) is 2. The van der Waals surface area contributed by atoms with Crippen LogP contribution in [0.15, 0.2) is 59.6 Å². The Hall–Kier alpha value is -2.95. The summed E-state index contributed by atoms with van der Waals surface area (Å²) in [6, 6.07) is 17.7. The average molecular weight is 277 g/mol. The Bertz CT molecular complexity index is 792. The first-order chi connectivity index (χ1) is 10.2. The topological polar surface area (TPSA) is 90.2 Å². The van der Waals surface area contributed by atoms with Crippen LogP contribution in [-0.4, -0.2) is 15.9 Å². The van der Waals surface area contributed by atoms with E-state index in [9.17, 15) is 0 Å². The summed E-state index contributed by atoms with van der Waals surface area (Å²) in [6.07, 6.45) is 0.638.